The molecule has 1 aromatic carbocycles. The molecular formula is C15H20N2O. The van der Waals surface area contributed by atoms with Crippen molar-refractivity contribution in [3.63, 3.8) is 0 Å². The lowest BCUT2D eigenvalue weighted by atomic mass is 9.96. The lowest BCUT2D eigenvalue weighted by molar-refractivity contribution is 0.107. The van der Waals surface area contributed by atoms with Crippen LogP contribution in [0.15, 0.2) is 36.7 Å². The number of nitrogens with zero attached hydrogens (tertiary/aromatic N) is 1. The van der Waals surface area contributed by atoms with E-state index >= 15 is 0 Å². The van der Waals surface area contributed by atoms with E-state index in [0.717, 1.165) is 18.2 Å². The van der Waals surface area contributed by atoms with Crippen molar-refractivity contribution in [2.24, 2.45) is 5.73 Å². The molecule has 0 fully saturated rings. The summed E-state index contributed by atoms with van der Waals surface area (Å²) >= 11 is 0. The Morgan fingerprint density at radius 2 is 2.11 bits per heavy atom. The van der Waals surface area contributed by atoms with Gasteiger partial charge in [0, 0.05) is 30.9 Å². The van der Waals surface area contributed by atoms with Crippen molar-refractivity contribution in [2.75, 3.05) is 7.11 Å². The van der Waals surface area contributed by atoms with Crippen LogP contribution < -0.4 is 5.73 Å². The normalized spacial score (nSPS) is 14.6. The molecule has 0 saturated heterocycles. The number of aromatic nitrogens is 1. The molecule has 18 heavy (non-hydrogen) atoms. The number of pyridine rings is 1. The lowest BCUT2D eigenvalue weighted by Gasteiger charge is -2.16. The Balaban J connectivity index is 2.19. The van der Waals surface area contributed by atoms with Gasteiger partial charge < -0.3 is 10.5 Å². The predicted molar refractivity (Wildman–Crippen MR) is 74.4 cm³/mol. The third-order valence-corrected chi connectivity index (χ3v) is 3.40. The molecule has 0 spiro atoms. The van der Waals surface area contributed by atoms with Crippen LogP contribution in [0, 0.1) is 0 Å². The number of rotatable bonds is 5. The van der Waals surface area contributed by atoms with Crippen LogP contribution >= 0.6 is 0 Å². The van der Waals surface area contributed by atoms with Gasteiger partial charge in [-0.3, -0.25) is 4.98 Å². The summed E-state index contributed by atoms with van der Waals surface area (Å²) in [6.07, 6.45) is 5.85. The summed E-state index contributed by atoms with van der Waals surface area (Å²) in [5.74, 6) is 0. The Labute approximate surface area is 108 Å². The van der Waals surface area contributed by atoms with Crippen LogP contribution in [0.4, 0.5) is 0 Å². The van der Waals surface area contributed by atoms with E-state index in [1.54, 1.807) is 7.11 Å². The van der Waals surface area contributed by atoms with Crippen LogP contribution in [0.25, 0.3) is 10.8 Å². The van der Waals surface area contributed by atoms with Crippen molar-refractivity contribution >= 4 is 10.8 Å². The molecule has 1 heterocycles. The van der Waals surface area contributed by atoms with Crippen LogP contribution in [-0.2, 0) is 4.74 Å². The van der Waals surface area contributed by atoms with E-state index in [1.807, 2.05) is 24.5 Å². The number of hydrogen-bond acceptors (Lipinski definition) is 3. The highest BCUT2D eigenvalue weighted by molar-refractivity contribution is 5.85. The standard InChI is InChI=1S/C15H20N2O/c1-11(18-2)6-7-15(16)14-5-3-4-12-10-17-9-8-13(12)14/h3-5,8-11,15H,6-7,16H2,1-2H3. The fraction of sp³-hybridized carbons (Fsp3) is 0.400. The van der Waals surface area contributed by atoms with Crippen molar-refractivity contribution in [3.8, 4) is 0 Å². The van der Waals surface area contributed by atoms with E-state index in [4.69, 9.17) is 10.5 Å². The maximum atomic E-state index is 6.29. The second-order valence-corrected chi connectivity index (χ2v) is 4.67. The summed E-state index contributed by atoms with van der Waals surface area (Å²) in [6.45, 7) is 2.07. The Bertz CT molecular complexity index is 507. The molecule has 2 rings (SSSR count). The molecule has 0 aliphatic carbocycles. The second kappa shape index (κ2) is 5.94. The minimum Gasteiger partial charge on any atom is -0.382 e. The van der Waals surface area contributed by atoms with E-state index in [2.05, 4.69) is 24.0 Å². The molecule has 2 atom stereocenters. The summed E-state index contributed by atoms with van der Waals surface area (Å²) in [5.41, 5.74) is 7.48. The van der Waals surface area contributed by atoms with Gasteiger partial charge in [-0.1, -0.05) is 18.2 Å². The first-order valence-electron chi connectivity index (χ1n) is 6.33. The Kier molecular flexibility index (Phi) is 4.28. The van der Waals surface area contributed by atoms with Crippen molar-refractivity contribution < 1.29 is 4.74 Å². The number of nitrogens with two attached hydrogens (primary N) is 1. The van der Waals surface area contributed by atoms with Gasteiger partial charge in [-0.05, 0) is 36.8 Å². The molecule has 0 saturated carbocycles. The second-order valence-electron chi connectivity index (χ2n) is 4.67. The number of hydrogen-bond donors (Lipinski definition) is 1. The van der Waals surface area contributed by atoms with Gasteiger partial charge in [0.15, 0.2) is 0 Å². The number of ether oxygens (including phenoxy) is 1. The fourth-order valence-electron chi connectivity index (χ4n) is 2.16. The molecule has 3 heteroatoms. The maximum Gasteiger partial charge on any atom is 0.0543 e. The van der Waals surface area contributed by atoms with Crippen molar-refractivity contribution in [1.29, 1.82) is 0 Å². The maximum absolute atomic E-state index is 6.29. The zero-order valence-corrected chi connectivity index (χ0v) is 11.0. The molecule has 0 amide bonds. The first-order chi connectivity index (χ1) is 8.72. The minimum absolute atomic E-state index is 0.0497. The van der Waals surface area contributed by atoms with Crippen LogP contribution in [0.5, 0.6) is 0 Å². The first-order valence-corrected chi connectivity index (χ1v) is 6.33. The highest BCUT2D eigenvalue weighted by atomic mass is 16.5. The van der Waals surface area contributed by atoms with Crippen LogP contribution in [-0.4, -0.2) is 18.2 Å². The summed E-state index contributed by atoms with van der Waals surface area (Å²) in [4.78, 5) is 4.14. The van der Waals surface area contributed by atoms with Crippen LogP contribution in [0.2, 0.25) is 0 Å². The van der Waals surface area contributed by atoms with Gasteiger partial charge in [0.1, 0.15) is 0 Å². The molecule has 2 unspecified atom stereocenters. The van der Waals surface area contributed by atoms with Crippen molar-refractivity contribution in [3.05, 3.63) is 42.2 Å². The number of methoxy groups -OCH3 is 1. The Morgan fingerprint density at radius 3 is 2.89 bits per heavy atom. The molecule has 2 aromatic rings. The highest BCUT2D eigenvalue weighted by Gasteiger charge is 2.11. The molecule has 3 nitrogen and oxygen atoms in total. The SMILES string of the molecule is COC(C)CCC(N)c1cccc2cnccc12. The average molecular weight is 244 g/mol. The quantitative estimate of drug-likeness (QED) is 0.879. The summed E-state index contributed by atoms with van der Waals surface area (Å²) < 4.78 is 5.26. The predicted octanol–water partition coefficient (Wildman–Crippen LogP) is 3.05. The summed E-state index contributed by atoms with van der Waals surface area (Å²) in [7, 11) is 1.74. The monoisotopic (exact) mass is 244 g/mol. The van der Waals surface area contributed by atoms with Crippen molar-refractivity contribution in [1.82, 2.24) is 4.98 Å². The molecule has 0 aliphatic heterocycles. The highest BCUT2D eigenvalue weighted by Crippen LogP contribution is 2.25. The summed E-state index contributed by atoms with van der Waals surface area (Å²) in [6, 6.07) is 8.29. The van der Waals surface area contributed by atoms with Crippen molar-refractivity contribution in [2.45, 2.75) is 31.9 Å². The van der Waals surface area contributed by atoms with Crippen LogP contribution in [0.1, 0.15) is 31.4 Å². The lowest BCUT2D eigenvalue weighted by Crippen LogP contribution is -2.14. The molecular weight excluding hydrogens is 224 g/mol. The number of benzene rings is 1. The third kappa shape index (κ3) is 2.86. The molecule has 2 N–H and O–H groups in total. The Morgan fingerprint density at radius 1 is 1.28 bits per heavy atom. The minimum atomic E-state index is 0.0497. The zero-order valence-electron chi connectivity index (χ0n) is 11.0. The molecule has 0 bridgehead atoms. The largest absolute Gasteiger partial charge is 0.382 e. The van der Waals surface area contributed by atoms with Gasteiger partial charge in [0.05, 0.1) is 6.10 Å². The van der Waals surface area contributed by atoms with Gasteiger partial charge >= 0.3 is 0 Å². The fourth-order valence-corrected chi connectivity index (χ4v) is 2.16. The number of fused-ring (bicyclic) bond motifs is 1. The average Bonchev–Trinajstić information content (AvgIpc) is 2.43. The molecule has 96 valence electrons. The molecule has 1 aromatic heterocycles. The van der Waals surface area contributed by atoms with Gasteiger partial charge in [-0.15, -0.1) is 0 Å². The third-order valence-electron chi connectivity index (χ3n) is 3.40. The molecule has 0 aliphatic rings. The first kappa shape index (κ1) is 13.0. The van der Waals surface area contributed by atoms with Gasteiger partial charge in [-0.25, -0.2) is 0 Å². The van der Waals surface area contributed by atoms with E-state index < -0.39 is 0 Å². The summed E-state index contributed by atoms with van der Waals surface area (Å²) in [5, 5.41) is 2.34. The van der Waals surface area contributed by atoms with E-state index in [1.165, 1.54) is 10.9 Å². The van der Waals surface area contributed by atoms with E-state index in [9.17, 15) is 0 Å². The van der Waals surface area contributed by atoms with E-state index in [0.29, 0.717) is 0 Å². The Hall–Kier alpha value is -1.45. The van der Waals surface area contributed by atoms with Gasteiger partial charge in [0.25, 0.3) is 0 Å². The van der Waals surface area contributed by atoms with Crippen LogP contribution in [0.3, 0.4) is 0 Å². The van der Waals surface area contributed by atoms with Gasteiger partial charge in [-0.2, -0.15) is 0 Å². The molecule has 0 radical (unpaired) electrons. The topological polar surface area (TPSA) is 48.1 Å². The van der Waals surface area contributed by atoms with E-state index in [-0.39, 0.29) is 12.1 Å². The smallest absolute Gasteiger partial charge is 0.0543 e. The zero-order chi connectivity index (χ0) is 13.0. The van der Waals surface area contributed by atoms with Gasteiger partial charge in [0.2, 0.25) is 0 Å².